The van der Waals surface area contributed by atoms with Crippen molar-refractivity contribution in [1.29, 1.82) is 0 Å². The first kappa shape index (κ1) is 14.7. The van der Waals surface area contributed by atoms with Gasteiger partial charge in [0.1, 0.15) is 0 Å². The maximum Gasteiger partial charge on any atom is 0.325 e. The minimum atomic E-state index is -0.290. The van der Waals surface area contributed by atoms with Gasteiger partial charge in [-0.3, -0.25) is 5.32 Å². The molecule has 2 amide bonds. The van der Waals surface area contributed by atoms with Crippen LogP contribution < -0.4 is 10.6 Å². The van der Waals surface area contributed by atoms with Gasteiger partial charge in [0.05, 0.1) is 10.2 Å². The maximum absolute atomic E-state index is 12.2. The van der Waals surface area contributed by atoms with Gasteiger partial charge in [-0.25, -0.2) is 9.78 Å². The van der Waals surface area contributed by atoms with E-state index >= 15 is 0 Å². The van der Waals surface area contributed by atoms with Gasteiger partial charge >= 0.3 is 6.03 Å². The highest BCUT2D eigenvalue weighted by Gasteiger charge is 2.10. The number of rotatable bonds is 2. The zero-order valence-corrected chi connectivity index (χ0v) is 13.9. The summed E-state index contributed by atoms with van der Waals surface area (Å²) < 4.78 is 1.05. The summed E-state index contributed by atoms with van der Waals surface area (Å²) in [6.45, 7) is 2.01. The lowest BCUT2D eigenvalue weighted by molar-refractivity contribution is 0.262. The van der Waals surface area contributed by atoms with Crippen LogP contribution in [0.15, 0.2) is 60.7 Å². The van der Waals surface area contributed by atoms with Gasteiger partial charge in [0.2, 0.25) is 0 Å². The van der Waals surface area contributed by atoms with Crippen LogP contribution in [0.3, 0.4) is 0 Å². The number of fused-ring (bicyclic) bond motifs is 3. The van der Waals surface area contributed by atoms with E-state index in [2.05, 4.69) is 27.8 Å². The molecule has 0 spiro atoms. The number of carbonyl (C=O) groups excluding carboxylic acids is 1. The lowest BCUT2D eigenvalue weighted by Crippen LogP contribution is -2.19. The normalized spacial score (nSPS) is 10.9. The van der Waals surface area contributed by atoms with Crippen LogP contribution in [-0.2, 0) is 0 Å². The van der Waals surface area contributed by atoms with Gasteiger partial charge in [-0.1, -0.05) is 59.4 Å². The van der Waals surface area contributed by atoms with Gasteiger partial charge in [-0.15, -0.1) is 0 Å². The van der Waals surface area contributed by atoms with E-state index in [-0.39, 0.29) is 6.03 Å². The quantitative estimate of drug-likeness (QED) is 0.516. The summed E-state index contributed by atoms with van der Waals surface area (Å²) in [5.74, 6) is 0. The monoisotopic (exact) mass is 333 g/mol. The Kier molecular flexibility index (Phi) is 3.63. The topological polar surface area (TPSA) is 54.0 Å². The summed E-state index contributed by atoms with van der Waals surface area (Å²) in [6.07, 6.45) is 0. The number of nitrogens with one attached hydrogen (secondary N) is 2. The van der Waals surface area contributed by atoms with Crippen LogP contribution >= 0.6 is 11.3 Å². The fourth-order valence-corrected chi connectivity index (χ4v) is 3.49. The molecule has 0 saturated heterocycles. The summed E-state index contributed by atoms with van der Waals surface area (Å²) in [6, 6.07) is 19.6. The second kappa shape index (κ2) is 5.94. The number of hydrogen-bond donors (Lipinski definition) is 2. The van der Waals surface area contributed by atoms with E-state index in [4.69, 9.17) is 0 Å². The molecular weight excluding hydrogens is 318 g/mol. The first-order valence-electron chi connectivity index (χ1n) is 7.62. The Morgan fingerprint density at radius 3 is 2.58 bits per heavy atom. The van der Waals surface area contributed by atoms with Gasteiger partial charge in [-0.2, -0.15) is 0 Å². The number of anilines is 2. The van der Waals surface area contributed by atoms with Crippen LogP contribution in [0.2, 0.25) is 0 Å². The molecule has 1 aromatic heterocycles. The van der Waals surface area contributed by atoms with Gasteiger partial charge in [0, 0.05) is 11.1 Å². The second-order valence-electron chi connectivity index (χ2n) is 5.60. The van der Waals surface area contributed by atoms with E-state index in [0.717, 1.165) is 32.2 Å². The summed E-state index contributed by atoms with van der Waals surface area (Å²) in [4.78, 5) is 16.7. The largest absolute Gasteiger partial charge is 0.325 e. The average molecular weight is 333 g/mol. The molecule has 118 valence electrons. The minimum absolute atomic E-state index is 0.290. The number of carbonyl (C=O) groups is 1. The van der Waals surface area contributed by atoms with Crippen LogP contribution in [0, 0.1) is 6.92 Å². The Hall–Kier alpha value is -2.92. The SMILES string of the molecule is Cc1ccc(NC(=O)Nc2nc3c(ccc4ccccc43)s2)cc1. The van der Waals surface area contributed by atoms with Crippen molar-refractivity contribution in [3.05, 3.63) is 66.2 Å². The summed E-state index contributed by atoms with van der Waals surface area (Å²) in [5, 5.41) is 8.46. The van der Waals surface area contributed by atoms with Crippen molar-refractivity contribution in [2.24, 2.45) is 0 Å². The van der Waals surface area contributed by atoms with Gasteiger partial charge in [0.15, 0.2) is 5.13 Å². The Bertz CT molecular complexity index is 1040. The van der Waals surface area contributed by atoms with E-state index in [9.17, 15) is 4.79 Å². The van der Waals surface area contributed by atoms with E-state index in [1.54, 1.807) is 0 Å². The van der Waals surface area contributed by atoms with E-state index in [1.165, 1.54) is 11.3 Å². The summed E-state index contributed by atoms with van der Waals surface area (Å²) in [5.41, 5.74) is 2.83. The van der Waals surface area contributed by atoms with Crippen LogP contribution in [0.25, 0.3) is 21.0 Å². The highest BCUT2D eigenvalue weighted by atomic mass is 32.1. The summed E-state index contributed by atoms with van der Waals surface area (Å²) >= 11 is 1.47. The fraction of sp³-hybridized carbons (Fsp3) is 0.0526. The molecule has 24 heavy (non-hydrogen) atoms. The zero-order valence-electron chi connectivity index (χ0n) is 13.0. The third kappa shape index (κ3) is 2.81. The lowest BCUT2D eigenvalue weighted by Gasteiger charge is -2.05. The molecule has 0 saturated carbocycles. The molecule has 0 unspecified atom stereocenters. The highest BCUT2D eigenvalue weighted by molar-refractivity contribution is 7.22. The average Bonchev–Trinajstić information content (AvgIpc) is 2.99. The smallest absolute Gasteiger partial charge is 0.308 e. The van der Waals surface area contributed by atoms with Crippen molar-refractivity contribution in [1.82, 2.24) is 4.98 Å². The predicted octanol–water partition coefficient (Wildman–Crippen LogP) is 5.40. The van der Waals surface area contributed by atoms with Crippen molar-refractivity contribution in [3.63, 3.8) is 0 Å². The first-order valence-corrected chi connectivity index (χ1v) is 8.44. The molecular formula is C19H15N3OS. The Morgan fingerprint density at radius 2 is 1.75 bits per heavy atom. The molecule has 0 radical (unpaired) electrons. The number of thiazole rings is 1. The molecule has 5 heteroatoms. The Morgan fingerprint density at radius 1 is 0.958 bits per heavy atom. The molecule has 0 fully saturated rings. The van der Waals surface area contributed by atoms with E-state index < -0.39 is 0 Å². The number of amides is 2. The van der Waals surface area contributed by atoms with Gasteiger partial charge < -0.3 is 5.32 Å². The lowest BCUT2D eigenvalue weighted by atomic mass is 10.1. The molecule has 4 rings (SSSR count). The zero-order chi connectivity index (χ0) is 16.5. The molecule has 0 aliphatic carbocycles. The van der Waals surface area contributed by atoms with E-state index in [1.807, 2.05) is 55.5 Å². The van der Waals surface area contributed by atoms with Crippen molar-refractivity contribution in [2.75, 3.05) is 10.6 Å². The van der Waals surface area contributed by atoms with Crippen LogP contribution in [0.1, 0.15) is 5.56 Å². The first-order chi connectivity index (χ1) is 11.7. The maximum atomic E-state index is 12.2. The predicted molar refractivity (Wildman–Crippen MR) is 101 cm³/mol. The molecule has 3 aromatic carbocycles. The van der Waals surface area contributed by atoms with Crippen LogP contribution in [-0.4, -0.2) is 11.0 Å². The van der Waals surface area contributed by atoms with Crippen molar-refractivity contribution in [3.8, 4) is 0 Å². The molecule has 0 aliphatic heterocycles. The standard InChI is InChI=1S/C19H15N3OS/c1-12-6-9-14(10-7-12)20-18(23)22-19-21-17-15-5-3-2-4-13(15)8-11-16(17)24-19/h2-11H,1H3,(H2,20,21,22,23). The second-order valence-corrected chi connectivity index (χ2v) is 6.63. The fourth-order valence-electron chi connectivity index (χ4n) is 2.61. The van der Waals surface area contributed by atoms with Gasteiger partial charge in [0.25, 0.3) is 0 Å². The molecule has 0 aliphatic rings. The third-order valence-electron chi connectivity index (χ3n) is 3.81. The summed E-state index contributed by atoms with van der Waals surface area (Å²) in [7, 11) is 0. The number of aryl methyl sites for hydroxylation is 1. The molecule has 0 atom stereocenters. The van der Waals surface area contributed by atoms with Crippen LogP contribution in [0.5, 0.6) is 0 Å². The molecule has 2 N–H and O–H groups in total. The molecule has 4 nitrogen and oxygen atoms in total. The minimum Gasteiger partial charge on any atom is -0.308 e. The Balaban J connectivity index is 1.59. The van der Waals surface area contributed by atoms with Gasteiger partial charge in [-0.05, 0) is 30.5 Å². The number of benzene rings is 3. The number of aromatic nitrogens is 1. The number of hydrogen-bond acceptors (Lipinski definition) is 3. The Labute approximate surface area is 143 Å². The number of urea groups is 1. The van der Waals surface area contributed by atoms with Crippen LogP contribution in [0.4, 0.5) is 15.6 Å². The van der Waals surface area contributed by atoms with Crippen molar-refractivity contribution >= 4 is 49.2 Å². The number of nitrogens with zero attached hydrogens (tertiary/aromatic N) is 1. The van der Waals surface area contributed by atoms with E-state index in [0.29, 0.717) is 5.13 Å². The molecule has 1 heterocycles. The third-order valence-corrected chi connectivity index (χ3v) is 4.75. The van der Waals surface area contributed by atoms with Crippen molar-refractivity contribution in [2.45, 2.75) is 6.92 Å². The molecule has 0 bridgehead atoms. The molecule has 4 aromatic rings. The van der Waals surface area contributed by atoms with Crippen molar-refractivity contribution < 1.29 is 4.79 Å². The highest BCUT2D eigenvalue weighted by Crippen LogP contribution is 2.31.